The minimum absolute atomic E-state index is 0.337. The predicted molar refractivity (Wildman–Crippen MR) is 86.7 cm³/mol. The Morgan fingerprint density at radius 1 is 1.14 bits per heavy atom. The zero-order chi connectivity index (χ0) is 15.5. The monoisotopic (exact) mass is 294 g/mol. The minimum atomic E-state index is -0.547. The molecule has 0 saturated heterocycles. The molecule has 0 aliphatic heterocycles. The number of ether oxygens (including phenoxy) is 1. The summed E-state index contributed by atoms with van der Waals surface area (Å²) in [5.74, 6) is 0.613. The first-order valence-electron chi connectivity index (χ1n) is 7.06. The van der Waals surface area contributed by atoms with Crippen LogP contribution in [-0.4, -0.2) is 11.9 Å². The van der Waals surface area contributed by atoms with Crippen LogP contribution in [0.25, 0.3) is 11.0 Å². The molecule has 0 aliphatic rings. The Morgan fingerprint density at radius 3 is 2.73 bits per heavy atom. The molecular formula is C17H15BO4. The third-order valence-corrected chi connectivity index (χ3v) is 3.49. The summed E-state index contributed by atoms with van der Waals surface area (Å²) in [7, 11) is 0. The lowest BCUT2D eigenvalue weighted by Crippen LogP contribution is -2.30. The molecule has 0 bridgehead atoms. The quantitative estimate of drug-likeness (QED) is 0.592. The standard InChI is InChI=1S/C17H15BO4/c1-18(20)15-5-3-2-4-13(15)11-21-14-8-6-12-7-9-17(19)22-16(12)10-14/h2-10,20H,11H2,1H3. The Kier molecular flexibility index (Phi) is 3.98. The van der Waals surface area contributed by atoms with Gasteiger partial charge < -0.3 is 14.2 Å². The lowest BCUT2D eigenvalue weighted by molar-refractivity contribution is 0.307. The van der Waals surface area contributed by atoms with Crippen LogP contribution in [0.5, 0.6) is 5.75 Å². The smallest absolute Gasteiger partial charge is 0.336 e. The van der Waals surface area contributed by atoms with Gasteiger partial charge in [0.2, 0.25) is 0 Å². The molecule has 3 aromatic rings. The van der Waals surface area contributed by atoms with Crippen LogP contribution in [0.3, 0.4) is 0 Å². The normalized spacial score (nSPS) is 10.6. The van der Waals surface area contributed by atoms with E-state index in [1.807, 2.05) is 36.4 Å². The SMILES string of the molecule is CB(O)c1ccccc1COc1ccc2ccc(=O)oc2c1. The maximum absolute atomic E-state index is 11.3. The van der Waals surface area contributed by atoms with E-state index in [0.717, 1.165) is 16.4 Å². The number of rotatable bonds is 4. The molecule has 5 heteroatoms. The first-order valence-corrected chi connectivity index (χ1v) is 7.06. The molecule has 110 valence electrons. The molecule has 0 atom stereocenters. The van der Waals surface area contributed by atoms with Crippen LogP contribution < -0.4 is 15.8 Å². The van der Waals surface area contributed by atoms with Crippen LogP contribution in [0, 0.1) is 0 Å². The first kappa shape index (κ1) is 14.4. The summed E-state index contributed by atoms with van der Waals surface area (Å²) in [6, 6.07) is 16.1. The molecule has 1 heterocycles. The minimum Gasteiger partial charge on any atom is -0.489 e. The van der Waals surface area contributed by atoms with Gasteiger partial charge in [0.25, 0.3) is 0 Å². The van der Waals surface area contributed by atoms with Crippen molar-refractivity contribution in [2.45, 2.75) is 13.4 Å². The highest BCUT2D eigenvalue weighted by atomic mass is 16.5. The zero-order valence-electron chi connectivity index (χ0n) is 12.2. The molecule has 0 aliphatic carbocycles. The molecular weight excluding hydrogens is 279 g/mol. The first-order chi connectivity index (χ1) is 10.6. The summed E-state index contributed by atoms with van der Waals surface area (Å²) in [5, 5.41) is 10.6. The second-order valence-electron chi connectivity index (χ2n) is 5.12. The molecule has 1 aromatic heterocycles. The molecule has 1 N–H and O–H groups in total. The third-order valence-electron chi connectivity index (χ3n) is 3.49. The zero-order valence-corrected chi connectivity index (χ0v) is 12.2. The number of benzene rings is 2. The van der Waals surface area contributed by atoms with Crippen molar-refractivity contribution in [1.82, 2.24) is 0 Å². The molecule has 0 saturated carbocycles. The van der Waals surface area contributed by atoms with E-state index >= 15 is 0 Å². The highest BCUT2D eigenvalue weighted by Crippen LogP contribution is 2.20. The highest BCUT2D eigenvalue weighted by Gasteiger charge is 2.11. The van der Waals surface area contributed by atoms with Crippen molar-refractivity contribution in [2.75, 3.05) is 0 Å². The van der Waals surface area contributed by atoms with E-state index < -0.39 is 6.92 Å². The molecule has 0 unspecified atom stereocenters. The summed E-state index contributed by atoms with van der Waals surface area (Å²) >= 11 is 0. The molecule has 0 amide bonds. The number of hydrogen-bond donors (Lipinski definition) is 1. The van der Waals surface area contributed by atoms with Crippen LogP contribution in [0.15, 0.2) is 63.8 Å². The molecule has 4 nitrogen and oxygen atoms in total. The fraction of sp³-hybridized carbons (Fsp3) is 0.118. The van der Waals surface area contributed by atoms with Crippen LogP contribution in [0.2, 0.25) is 6.82 Å². The van der Waals surface area contributed by atoms with Gasteiger partial charge in [-0.1, -0.05) is 31.1 Å². The van der Waals surface area contributed by atoms with E-state index in [0.29, 0.717) is 17.9 Å². The van der Waals surface area contributed by atoms with Gasteiger partial charge in [0.05, 0.1) is 0 Å². The van der Waals surface area contributed by atoms with Crippen LogP contribution in [-0.2, 0) is 6.61 Å². The van der Waals surface area contributed by atoms with Crippen molar-refractivity contribution in [2.24, 2.45) is 0 Å². The Bertz CT molecular complexity index is 854. The third kappa shape index (κ3) is 3.04. The second-order valence-corrected chi connectivity index (χ2v) is 5.12. The average Bonchev–Trinajstić information content (AvgIpc) is 2.52. The van der Waals surface area contributed by atoms with Gasteiger partial charge >= 0.3 is 12.5 Å². The van der Waals surface area contributed by atoms with Gasteiger partial charge in [-0.05, 0) is 29.2 Å². The van der Waals surface area contributed by atoms with Crippen molar-refractivity contribution >= 4 is 23.3 Å². The molecule has 0 radical (unpaired) electrons. The van der Waals surface area contributed by atoms with E-state index in [-0.39, 0.29) is 5.63 Å². The lowest BCUT2D eigenvalue weighted by Gasteiger charge is -2.11. The van der Waals surface area contributed by atoms with Gasteiger partial charge in [0.1, 0.15) is 17.9 Å². The van der Waals surface area contributed by atoms with Crippen molar-refractivity contribution in [3.63, 3.8) is 0 Å². The Labute approximate surface area is 128 Å². The van der Waals surface area contributed by atoms with Crippen LogP contribution in [0.1, 0.15) is 5.56 Å². The second kappa shape index (κ2) is 6.07. The van der Waals surface area contributed by atoms with Crippen molar-refractivity contribution in [3.8, 4) is 5.75 Å². The molecule has 3 rings (SSSR count). The van der Waals surface area contributed by atoms with Crippen LogP contribution >= 0.6 is 0 Å². The van der Waals surface area contributed by atoms with Crippen molar-refractivity contribution in [1.29, 1.82) is 0 Å². The summed E-state index contributed by atoms with van der Waals surface area (Å²) in [6.45, 7) is 1.52. The Morgan fingerprint density at radius 2 is 1.91 bits per heavy atom. The predicted octanol–water partition coefficient (Wildman–Crippen LogP) is 2.19. The van der Waals surface area contributed by atoms with Gasteiger partial charge in [-0.25, -0.2) is 4.79 Å². The van der Waals surface area contributed by atoms with Gasteiger partial charge in [-0.2, -0.15) is 0 Å². The fourth-order valence-corrected chi connectivity index (χ4v) is 2.37. The van der Waals surface area contributed by atoms with Crippen LogP contribution in [0.4, 0.5) is 0 Å². The number of hydrogen-bond acceptors (Lipinski definition) is 4. The summed E-state index contributed by atoms with van der Waals surface area (Å²) in [6.07, 6.45) is 0. The number of fused-ring (bicyclic) bond motifs is 1. The van der Waals surface area contributed by atoms with Gasteiger partial charge in [0, 0.05) is 17.5 Å². The molecule has 22 heavy (non-hydrogen) atoms. The summed E-state index contributed by atoms with van der Waals surface area (Å²) in [4.78, 5) is 11.3. The maximum atomic E-state index is 11.3. The Balaban J connectivity index is 1.84. The topological polar surface area (TPSA) is 59.7 Å². The van der Waals surface area contributed by atoms with Gasteiger partial charge in [-0.15, -0.1) is 0 Å². The van der Waals surface area contributed by atoms with Gasteiger partial charge in [0.15, 0.2) is 0 Å². The van der Waals surface area contributed by atoms with E-state index in [2.05, 4.69) is 0 Å². The van der Waals surface area contributed by atoms with Crippen molar-refractivity contribution in [3.05, 3.63) is 70.6 Å². The summed E-state index contributed by atoms with van der Waals surface area (Å²) < 4.78 is 10.9. The molecule has 2 aromatic carbocycles. The highest BCUT2D eigenvalue weighted by molar-refractivity contribution is 6.65. The molecule has 0 fully saturated rings. The van der Waals surface area contributed by atoms with E-state index in [9.17, 15) is 9.82 Å². The lowest BCUT2D eigenvalue weighted by atomic mass is 9.62. The van der Waals surface area contributed by atoms with E-state index in [1.165, 1.54) is 6.07 Å². The van der Waals surface area contributed by atoms with Crippen molar-refractivity contribution < 1.29 is 14.2 Å². The van der Waals surface area contributed by atoms with Gasteiger partial charge in [-0.3, -0.25) is 0 Å². The largest absolute Gasteiger partial charge is 0.489 e. The molecule has 0 spiro atoms. The summed E-state index contributed by atoms with van der Waals surface area (Å²) in [5.41, 5.74) is 1.87. The Hall–Kier alpha value is -2.53. The van der Waals surface area contributed by atoms with E-state index in [1.54, 1.807) is 19.0 Å². The van der Waals surface area contributed by atoms with E-state index in [4.69, 9.17) is 9.15 Å². The average molecular weight is 294 g/mol. The fourth-order valence-electron chi connectivity index (χ4n) is 2.37. The maximum Gasteiger partial charge on any atom is 0.336 e.